The van der Waals surface area contributed by atoms with Crippen LogP contribution >= 0.6 is 61.2 Å². The zero-order valence-electron chi connectivity index (χ0n) is 11.3. The van der Waals surface area contributed by atoms with Crippen LogP contribution in [0, 0.1) is 10.8 Å². The molecule has 1 aliphatic heterocycles. The number of hydrogen-bond acceptors (Lipinski definition) is 4. The number of carboxylic acids is 1. The lowest BCUT2D eigenvalue weighted by Gasteiger charge is -2.12. The van der Waals surface area contributed by atoms with Crippen LogP contribution in [-0.4, -0.2) is 71.4 Å². The lowest BCUT2D eigenvalue weighted by Crippen LogP contribution is -2.36. The zero-order valence-corrected chi connectivity index (χ0v) is 18.0. The Morgan fingerprint density at radius 3 is 2.10 bits per heavy atom. The molecule has 0 atom stereocenters. The fraction of sp³-hybridized carbons (Fsp3) is 0.500. The van der Waals surface area contributed by atoms with Gasteiger partial charge in [-0.15, -0.1) is 24.0 Å². The molecule has 10 nitrogen and oxygen atoms in total. The van der Waals surface area contributed by atoms with Crippen LogP contribution in [0.2, 0.25) is 0 Å². The number of hydrogen-bond donors (Lipinski definition) is 5. The molecule has 126 valence electrons. The first kappa shape index (κ1) is 28.9. The van der Waals surface area contributed by atoms with Crippen molar-refractivity contribution in [3.63, 3.8) is 0 Å². The van der Waals surface area contributed by atoms with Gasteiger partial charge in [-0.05, 0) is 0 Å². The summed E-state index contributed by atoms with van der Waals surface area (Å²) in [6, 6.07) is 0. The van der Waals surface area contributed by atoms with E-state index in [0.717, 1.165) is 4.90 Å². The van der Waals surface area contributed by atoms with Gasteiger partial charge in [0.2, 0.25) is 5.91 Å². The number of guanidine groups is 2. The number of likely N-dealkylation sites (N-methyl/N-ethyl adjacent to an activating group) is 2. The number of nitrogens with two attached hydrogens (primary N) is 1. The fourth-order valence-electron chi connectivity index (χ4n) is 0.850. The third kappa shape index (κ3) is 16.0. The Morgan fingerprint density at radius 2 is 2.00 bits per heavy atom. The molecule has 1 heterocycles. The first-order valence-corrected chi connectivity index (χ1v) is 11.0. The predicted molar refractivity (Wildman–Crippen MR) is 108 cm³/mol. The van der Waals surface area contributed by atoms with Gasteiger partial charge in [-0.2, -0.15) is 0 Å². The molecular weight excluding hydrogens is 625 g/mol. The topological polar surface area (TPSA) is 178 Å². The second-order valence-corrected chi connectivity index (χ2v) is 3.39. The molecule has 0 saturated carbocycles. The first-order chi connectivity index (χ1) is 8.73. The summed E-state index contributed by atoms with van der Waals surface area (Å²) in [4.78, 5) is 23.0. The van der Waals surface area contributed by atoms with Gasteiger partial charge in [0.05, 0.1) is 6.54 Å². The predicted octanol–water partition coefficient (Wildman–Crippen LogP) is -0.556. The minimum atomic E-state index is -0.993. The number of nitrogens with zero attached hydrogens (tertiary/aromatic N) is 2. The molecule has 0 aliphatic carbocycles. The summed E-state index contributed by atoms with van der Waals surface area (Å²) in [5.41, 5.74) is 4.93. The maximum atomic E-state index is 10.4. The quantitative estimate of drug-likeness (QED) is 0.153. The maximum Gasteiger partial charge on any atom is 0.323 e. The number of carbonyl (C=O) groups is 2. The average molecular weight is 644 g/mol. The molecule has 1 fully saturated rings. The Morgan fingerprint density at radius 1 is 1.57 bits per heavy atom. The van der Waals surface area contributed by atoms with Gasteiger partial charge in [-0.25, -0.2) is 0 Å². The van der Waals surface area contributed by atoms with Crippen molar-refractivity contribution in [2.24, 2.45) is 5.73 Å². The van der Waals surface area contributed by atoms with E-state index in [2.05, 4.69) is 42.5 Å². The monoisotopic (exact) mass is 644 g/mol. The van der Waals surface area contributed by atoms with E-state index in [0.29, 0.717) is 6.54 Å². The van der Waals surface area contributed by atoms with E-state index in [1.165, 1.54) is 7.05 Å². The van der Waals surface area contributed by atoms with Crippen LogP contribution in [0.15, 0.2) is 0 Å². The van der Waals surface area contributed by atoms with E-state index in [4.69, 9.17) is 21.7 Å². The molecule has 1 aliphatic rings. The molecule has 13 heteroatoms. The second kappa shape index (κ2) is 16.2. The number of nitrogens with one attached hydrogen (secondary N) is 3. The van der Waals surface area contributed by atoms with E-state index in [1.54, 1.807) is 11.9 Å². The van der Waals surface area contributed by atoms with Crippen molar-refractivity contribution in [1.82, 2.24) is 15.1 Å². The normalized spacial score (nSPS) is 11.3. The highest BCUT2D eigenvalue weighted by molar-refractivity contribution is 15.0. The Balaban J connectivity index is -0.000000113. The highest BCUT2D eigenvalue weighted by Crippen LogP contribution is 1.89. The standard InChI is InChI=1S/C4H9N3O2.C4H7N3O.I2.HI.H2O/c1-7(4(5)6)2-3(8)9;1-7-2-3(8)6-4(7)5;1-2;;/h2H2,1H3,(H3,5,6)(H,8,9);2H2,1H3,(H2,5,6,8);;1H;1H2. The van der Waals surface area contributed by atoms with Crippen molar-refractivity contribution in [3.05, 3.63) is 0 Å². The van der Waals surface area contributed by atoms with E-state index in [1.807, 2.05) is 0 Å². The summed E-state index contributed by atoms with van der Waals surface area (Å²) in [6.07, 6.45) is 0. The molecule has 8 N–H and O–H groups in total. The third-order valence-corrected chi connectivity index (χ3v) is 1.80. The average Bonchev–Trinajstić information content (AvgIpc) is 2.58. The van der Waals surface area contributed by atoms with Gasteiger partial charge in [0.1, 0.15) is 6.54 Å². The highest BCUT2D eigenvalue weighted by atomic mass is 128. The lowest BCUT2D eigenvalue weighted by atomic mass is 10.6. The van der Waals surface area contributed by atoms with Crippen LogP contribution in [-0.2, 0) is 9.59 Å². The molecule has 0 aromatic carbocycles. The van der Waals surface area contributed by atoms with E-state index >= 15 is 0 Å². The van der Waals surface area contributed by atoms with E-state index in [9.17, 15) is 9.59 Å². The summed E-state index contributed by atoms with van der Waals surface area (Å²) in [5.74, 6) is -1.14. The number of halogens is 3. The van der Waals surface area contributed by atoms with Crippen molar-refractivity contribution in [2.75, 3.05) is 27.2 Å². The molecule has 0 radical (unpaired) electrons. The summed E-state index contributed by atoms with van der Waals surface area (Å²) >= 11 is 4.24. The third-order valence-electron chi connectivity index (χ3n) is 1.80. The van der Waals surface area contributed by atoms with Crippen molar-refractivity contribution >= 4 is 85.0 Å². The van der Waals surface area contributed by atoms with Crippen LogP contribution in [0.4, 0.5) is 0 Å². The van der Waals surface area contributed by atoms with Gasteiger partial charge >= 0.3 is 5.97 Å². The fourth-order valence-corrected chi connectivity index (χ4v) is 0.850. The van der Waals surface area contributed by atoms with E-state index < -0.39 is 5.97 Å². The van der Waals surface area contributed by atoms with E-state index in [-0.39, 0.29) is 53.8 Å². The van der Waals surface area contributed by atoms with Gasteiger partial charge in [0.15, 0.2) is 11.9 Å². The van der Waals surface area contributed by atoms with Gasteiger partial charge < -0.3 is 26.1 Å². The zero-order chi connectivity index (χ0) is 15.6. The number of carbonyl (C=O) groups excluding carboxylic acids is 1. The van der Waals surface area contributed by atoms with Gasteiger partial charge in [0, 0.05) is 51.3 Å². The van der Waals surface area contributed by atoms with Gasteiger partial charge in [0.25, 0.3) is 0 Å². The largest absolute Gasteiger partial charge is 0.480 e. The van der Waals surface area contributed by atoms with Crippen LogP contribution in [0.25, 0.3) is 0 Å². The number of amides is 1. The summed E-state index contributed by atoms with van der Waals surface area (Å²) in [5, 5.41) is 24.2. The molecule has 0 aromatic rings. The smallest absolute Gasteiger partial charge is 0.323 e. The Labute approximate surface area is 162 Å². The highest BCUT2D eigenvalue weighted by Gasteiger charge is 2.18. The SMILES string of the molecule is CN(CC(=O)O)C(=N)N.CN1CC(=O)NC1=N.I.II.O. The second-order valence-electron chi connectivity index (χ2n) is 3.39. The number of aliphatic carboxylic acids is 1. The van der Waals surface area contributed by atoms with Gasteiger partial charge in [-0.1, -0.05) is 0 Å². The van der Waals surface area contributed by atoms with Crippen LogP contribution in [0.5, 0.6) is 0 Å². The minimum absolute atomic E-state index is 0. The molecule has 0 unspecified atom stereocenters. The Bertz CT molecular complexity index is 357. The first-order valence-electron chi connectivity index (χ1n) is 4.74. The summed E-state index contributed by atoms with van der Waals surface area (Å²) in [6.45, 7) is 0.0914. The number of carboxylic acid groups (broad SMARTS) is 1. The lowest BCUT2D eigenvalue weighted by molar-refractivity contribution is -0.137. The molecule has 1 amide bonds. The van der Waals surface area contributed by atoms with Crippen LogP contribution in [0.3, 0.4) is 0 Å². The van der Waals surface area contributed by atoms with Crippen molar-refractivity contribution < 1.29 is 20.2 Å². The Kier molecular flexibility index (Phi) is 22.3. The summed E-state index contributed by atoms with van der Waals surface area (Å²) in [7, 11) is 3.14. The summed E-state index contributed by atoms with van der Waals surface area (Å²) < 4.78 is 0. The molecule has 0 spiro atoms. The van der Waals surface area contributed by atoms with Crippen LogP contribution in [0.1, 0.15) is 0 Å². The van der Waals surface area contributed by atoms with Crippen LogP contribution < -0.4 is 11.1 Å². The van der Waals surface area contributed by atoms with Crippen molar-refractivity contribution in [1.29, 1.82) is 10.8 Å². The maximum absolute atomic E-state index is 10.4. The number of rotatable bonds is 2. The van der Waals surface area contributed by atoms with Crippen molar-refractivity contribution in [3.8, 4) is 0 Å². The Hall–Kier alpha value is -0.170. The molecule has 1 saturated heterocycles. The van der Waals surface area contributed by atoms with Gasteiger partial charge in [-0.3, -0.25) is 25.7 Å². The molecule has 0 bridgehead atoms. The molecule has 0 aromatic heterocycles. The van der Waals surface area contributed by atoms with Crippen molar-refractivity contribution in [2.45, 2.75) is 0 Å². The molecule has 21 heavy (non-hydrogen) atoms. The molecular formula is C8H19I3N6O4. The minimum Gasteiger partial charge on any atom is -0.480 e. The molecule has 1 rings (SSSR count).